The molecule has 0 spiro atoms. The molecule has 0 saturated carbocycles. The standard InChI is InChI=1S/C14H11ClF3NO/c15-8-1-3-12(18)13(5-8)19-7-14(20)10-6-9(16)2-4-11(10)17/h1-6,14,19-20H,7H2. The predicted molar refractivity (Wildman–Crippen MR) is 71.2 cm³/mol. The van der Waals surface area contributed by atoms with Crippen LogP contribution >= 0.6 is 11.6 Å². The van der Waals surface area contributed by atoms with Gasteiger partial charge in [0, 0.05) is 17.1 Å². The van der Waals surface area contributed by atoms with Crippen LogP contribution in [0.1, 0.15) is 11.7 Å². The Morgan fingerprint density at radius 2 is 1.75 bits per heavy atom. The van der Waals surface area contributed by atoms with Crippen molar-refractivity contribution in [1.29, 1.82) is 0 Å². The minimum atomic E-state index is -1.32. The monoisotopic (exact) mass is 301 g/mol. The van der Waals surface area contributed by atoms with Crippen LogP contribution in [-0.4, -0.2) is 11.7 Å². The molecule has 6 heteroatoms. The molecule has 2 aromatic carbocycles. The maximum absolute atomic E-state index is 13.4. The van der Waals surface area contributed by atoms with Crippen LogP contribution in [0, 0.1) is 17.5 Å². The third kappa shape index (κ3) is 3.43. The first-order valence-electron chi connectivity index (χ1n) is 5.79. The van der Waals surface area contributed by atoms with Crippen LogP contribution in [0.25, 0.3) is 0 Å². The summed E-state index contributed by atoms with van der Waals surface area (Å²) in [5.74, 6) is -1.94. The molecule has 0 aliphatic heterocycles. The summed E-state index contributed by atoms with van der Waals surface area (Å²) in [7, 11) is 0. The molecule has 2 N–H and O–H groups in total. The quantitative estimate of drug-likeness (QED) is 0.897. The first kappa shape index (κ1) is 14.7. The van der Waals surface area contributed by atoms with E-state index in [-0.39, 0.29) is 17.8 Å². The van der Waals surface area contributed by atoms with Crippen LogP contribution < -0.4 is 5.32 Å². The molecule has 2 rings (SSSR count). The van der Waals surface area contributed by atoms with Crippen LogP contribution in [-0.2, 0) is 0 Å². The molecule has 0 bridgehead atoms. The molecule has 0 aliphatic carbocycles. The summed E-state index contributed by atoms with van der Waals surface area (Å²) in [6.45, 7) is -0.183. The lowest BCUT2D eigenvalue weighted by atomic mass is 10.1. The Morgan fingerprint density at radius 1 is 1.05 bits per heavy atom. The first-order chi connectivity index (χ1) is 9.47. The lowest BCUT2D eigenvalue weighted by Gasteiger charge is -2.14. The van der Waals surface area contributed by atoms with Gasteiger partial charge in [0.15, 0.2) is 0 Å². The predicted octanol–water partition coefficient (Wildman–Crippen LogP) is 3.90. The molecule has 0 saturated heterocycles. The number of aliphatic hydroxyl groups is 1. The molecular formula is C14H11ClF3NO. The Labute approximate surface area is 118 Å². The van der Waals surface area contributed by atoms with Crippen molar-refractivity contribution in [3.05, 3.63) is 64.4 Å². The number of hydrogen-bond donors (Lipinski definition) is 2. The van der Waals surface area contributed by atoms with Gasteiger partial charge in [-0.25, -0.2) is 13.2 Å². The van der Waals surface area contributed by atoms with Gasteiger partial charge in [-0.3, -0.25) is 0 Å². The van der Waals surface area contributed by atoms with E-state index in [1.165, 1.54) is 18.2 Å². The van der Waals surface area contributed by atoms with E-state index in [0.717, 1.165) is 18.2 Å². The van der Waals surface area contributed by atoms with E-state index in [4.69, 9.17) is 11.6 Å². The molecule has 20 heavy (non-hydrogen) atoms. The van der Waals surface area contributed by atoms with Gasteiger partial charge in [-0.1, -0.05) is 11.6 Å². The van der Waals surface area contributed by atoms with Gasteiger partial charge in [-0.15, -0.1) is 0 Å². The van der Waals surface area contributed by atoms with E-state index in [9.17, 15) is 18.3 Å². The molecule has 0 fully saturated rings. The second-order valence-corrected chi connectivity index (χ2v) is 4.62. The van der Waals surface area contributed by atoms with E-state index in [2.05, 4.69) is 5.32 Å². The largest absolute Gasteiger partial charge is 0.386 e. The van der Waals surface area contributed by atoms with Crippen LogP contribution in [0.3, 0.4) is 0 Å². The average Bonchev–Trinajstić information content (AvgIpc) is 2.42. The maximum atomic E-state index is 13.4. The highest BCUT2D eigenvalue weighted by Gasteiger charge is 2.14. The minimum absolute atomic E-state index is 0.0772. The molecule has 0 aromatic heterocycles. The Bertz CT molecular complexity index is 621. The smallest absolute Gasteiger partial charge is 0.146 e. The zero-order valence-corrected chi connectivity index (χ0v) is 11.0. The van der Waals surface area contributed by atoms with Crippen LogP contribution in [0.2, 0.25) is 5.02 Å². The summed E-state index contributed by atoms with van der Waals surface area (Å²) >= 11 is 5.72. The summed E-state index contributed by atoms with van der Waals surface area (Å²) in [6.07, 6.45) is -1.32. The van der Waals surface area contributed by atoms with E-state index >= 15 is 0 Å². The molecule has 0 heterocycles. The van der Waals surface area contributed by atoms with Gasteiger partial charge in [0.25, 0.3) is 0 Å². The number of nitrogens with one attached hydrogen (secondary N) is 1. The van der Waals surface area contributed by atoms with Gasteiger partial charge >= 0.3 is 0 Å². The highest BCUT2D eigenvalue weighted by atomic mass is 35.5. The Kier molecular flexibility index (Phi) is 4.52. The van der Waals surface area contributed by atoms with Gasteiger partial charge in [-0.2, -0.15) is 0 Å². The summed E-state index contributed by atoms with van der Waals surface area (Å²) < 4.78 is 39.9. The topological polar surface area (TPSA) is 32.3 Å². The van der Waals surface area contributed by atoms with Crippen molar-refractivity contribution in [3.8, 4) is 0 Å². The van der Waals surface area contributed by atoms with E-state index in [1.807, 2.05) is 0 Å². The first-order valence-corrected chi connectivity index (χ1v) is 6.17. The fourth-order valence-electron chi connectivity index (χ4n) is 1.72. The number of hydrogen-bond acceptors (Lipinski definition) is 2. The van der Waals surface area contributed by atoms with Gasteiger partial charge in [0.05, 0.1) is 11.8 Å². The fourth-order valence-corrected chi connectivity index (χ4v) is 1.89. The van der Waals surface area contributed by atoms with Crippen LogP contribution in [0.5, 0.6) is 0 Å². The van der Waals surface area contributed by atoms with Crippen molar-refractivity contribution in [3.63, 3.8) is 0 Å². The van der Waals surface area contributed by atoms with E-state index in [1.54, 1.807) is 0 Å². The highest BCUT2D eigenvalue weighted by molar-refractivity contribution is 6.30. The highest BCUT2D eigenvalue weighted by Crippen LogP contribution is 2.22. The molecule has 0 radical (unpaired) electrons. The SMILES string of the molecule is OC(CNc1cc(Cl)ccc1F)c1cc(F)ccc1F. The van der Waals surface area contributed by atoms with Gasteiger partial charge in [-0.05, 0) is 36.4 Å². The maximum Gasteiger partial charge on any atom is 0.146 e. The van der Waals surface area contributed by atoms with Crippen molar-refractivity contribution >= 4 is 17.3 Å². The number of rotatable bonds is 4. The molecular weight excluding hydrogens is 291 g/mol. The second-order valence-electron chi connectivity index (χ2n) is 4.19. The molecule has 1 atom stereocenters. The van der Waals surface area contributed by atoms with Crippen molar-refractivity contribution < 1.29 is 18.3 Å². The molecule has 106 valence electrons. The zero-order valence-electron chi connectivity index (χ0n) is 10.2. The third-order valence-corrected chi connectivity index (χ3v) is 2.97. The lowest BCUT2D eigenvalue weighted by Crippen LogP contribution is -2.14. The summed E-state index contributed by atoms with van der Waals surface area (Å²) in [4.78, 5) is 0. The number of benzene rings is 2. The van der Waals surface area contributed by atoms with Gasteiger partial charge in [0.2, 0.25) is 0 Å². The van der Waals surface area contributed by atoms with E-state index in [0.29, 0.717) is 5.02 Å². The Balaban J connectivity index is 2.10. The lowest BCUT2D eigenvalue weighted by molar-refractivity contribution is 0.186. The minimum Gasteiger partial charge on any atom is -0.386 e. The fraction of sp³-hybridized carbons (Fsp3) is 0.143. The van der Waals surface area contributed by atoms with Crippen molar-refractivity contribution in [2.24, 2.45) is 0 Å². The molecule has 2 nitrogen and oxygen atoms in total. The Hall–Kier alpha value is -1.72. The normalized spacial score (nSPS) is 12.2. The van der Waals surface area contributed by atoms with Gasteiger partial charge < -0.3 is 10.4 Å². The average molecular weight is 302 g/mol. The Morgan fingerprint density at radius 3 is 2.50 bits per heavy atom. The molecule has 0 amide bonds. The molecule has 0 aliphatic rings. The second kappa shape index (κ2) is 6.15. The van der Waals surface area contributed by atoms with Crippen molar-refractivity contribution in [2.75, 3.05) is 11.9 Å². The summed E-state index contributed by atoms with van der Waals surface area (Å²) in [5, 5.41) is 12.7. The van der Waals surface area contributed by atoms with Crippen molar-refractivity contribution in [1.82, 2.24) is 0 Å². The molecule has 2 aromatic rings. The summed E-state index contributed by atoms with van der Waals surface area (Å²) in [6, 6.07) is 6.66. The van der Waals surface area contributed by atoms with Crippen LogP contribution in [0.15, 0.2) is 36.4 Å². The van der Waals surface area contributed by atoms with Gasteiger partial charge in [0.1, 0.15) is 17.5 Å². The summed E-state index contributed by atoms with van der Waals surface area (Å²) in [5.41, 5.74) is -0.117. The third-order valence-electron chi connectivity index (χ3n) is 2.73. The molecule has 1 unspecified atom stereocenters. The van der Waals surface area contributed by atoms with Crippen LogP contribution in [0.4, 0.5) is 18.9 Å². The number of anilines is 1. The van der Waals surface area contributed by atoms with E-state index < -0.39 is 23.6 Å². The number of aliphatic hydroxyl groups excluding tert-OH is 1. The zero-order chi connectivity index (χ0) is 14.7. The van der Waals surface area contributed by atoms with Crippen molar-refractivity contribution in [2.45, 2.75) is 6.10 Å². The number of halogens is 4.